The number of aliphatic hydroxyl groups is 1. The lowest BCUT2D eigenvalue weighted by atomic mass is 10.1. The second-order valence-electron chi connectivity index (χ2n) is 8.74. The molecule has 184 valence electrons. The van der Waals surface area contributed by atoms with Gasteiger partial charge >= 0.3 is 0 Å². The summed E-state index contributed by atoms with van der Waals surface area (Å²) in [5.41, 5.74) is 4.84. The van der Waals surface area contributed by atoms with E-state index in [-0.39, 0.29) is 18.6 Å². The fraction of sp³-hybridized carbons (Fsp3) is 0.250. The molecule has 1 unspecified atom stereocenters. The third kappa shape index (κ3) is 5.45. The maximum absolute atomic E-state index is 12.0. The Labute approximate surface area is 209 Å². The molecule has 3 aromatic carbocycles. The van der Waals surface area contributed by atoms with Gasteiger partial charge < -0.3 is 25.2 Å². The summed E-state index contributed by atoms with van der Waals surface area (Å²) in [4.78, 5) is 21.6. The Kier molecular flexibility index (Phi) is 7.06. The first-order chi connectivity index (χ1) is 17.6. The molecule has 1 aromatic heterocycles. The van der Waals surface area contributed by atoms with Crippen LogP contribution in [0.4, 0.5) is 11.5 Å². The van der Waals surface area contributed by atoms with Crippen molar-refractivity contribution < 1.29 is 19.4 Å². The van der Waals surface area contributed by atoms with Gasteiger partial charge in [0.2, 0.25) is 0 Å². The Morgan fingerprint density at radius 3 is 2.78 bits per heavy atom. The van der Waals surface area contributed by atoms with Crippen molar-refractivity contribution in [2.75, 3.05) is 32.2 Å². The van der Waals surface area contributed by atoms with Crippen molar-refractivity contribution >= 4 is 28.3 Å². The highest BCUT2D eigenvalue weighted by Gasteiger charge is 2.19. The molecule has 36 heavy (non-hydrogen) atoms. The molecule has 0 spiro atoms. The minimum absolute atomic E-state index is 0.0917. The highest BCUT2D eigenvalue weighted by molar-refractivity contribution is 5.92. The monoisotopic (exact) mass is 484 g/mol. The van der Waals surface area contributed by atoms with E-state index < -0.39 is 0 Å². The zero-order valence-electron chi connectivity index (χ0n) is 20.0. The number of carbonyl (C=O) groups is 1. The Morgan fingerprint density at radius 1 is 1.03 bits per heavy atom. The third-order valence-corrected chi connectivity index (χ3v) is 6.07. The molecule has 4 aromatic rings. The number of benzene rings is 3. The number of carbonyl (C=O) groups excluding carboxylic acids is 1. The van der Waals surface area contributed by atoms with Gasteiger partial charge in [-0.2, -0.15) is 0 Å². The third-order valence-electron chi connectivity index (χ3n) is 6.07. The molecule has 1 aliphatic carbocycles. The van der Waals surface area contributed by atoms with Crippen LogP contribution < -0.4 is 15.4 Å². The van der Waals surface area contributed by atoms with Crippen molar-refractivity contribution in [2.24, 2.45) is 0 Å². The minimum Gasteiger partial charge on any atom is -0.484 e. The van der Waals surface area contributed by atoms with E-state index in [1.807, 2.05) is 48.5 Å². The zero-order chi connectivity index (χ0) is 24.9. The molecule has 1 atom stereocenters. The van der Waals surface area contributed by atoms with Crippen molar-refractivity contribution in [1.82, 2.24) is 15.3 Å². The van der Waals surface area contributed by atoms with E-state index in [4.69, 9.17) is 19.4 Å². The van der Waals surface area contributed by atoms with Crippen LogP contribution in [0, 0.1) is 0 Å². The van der Waals surface area contributed by atoms with Crippen LogP contribution in [-0.2, 0) is 22.4 Å². The summed E-state index contributed by atoms with van der Waals surface area (Å²) in [6.07, 6.45) is 1.05. The number of hydrogen-bond donors (Lipinski definition) is 3. The van der Waals surface area contributed by atoms with Gasteiger partial charge in [0.1, 0.15) is 11.6 Å². The van der Waals surface area contributed by atoms with E-state index in [2.05, 4.69) is 22.8 Å². The molecular weight excluding hydrogens is 456 g/mol. The van der Waals surface area contributed by atoms with Crippen molar-refractivity contribution in [1.29, 1.82) is 0 Å². The number of ether oxygens (including phenoxy) is 2. The van der Waals surface area contributed by atoms with Crippen LogP contribution in [0.5, 0.6) is 5.75 Å². The van der Waals surface area contributed by atoms with Crippen molar-refractivity contribution in [3.05, 3.63) is 77.9 Å². The first-order valence-electron chi connectivity index (χ1n) is 11.9. The lowest BCUT2D eigenvalue weighted by Gasteiger charge is -2.13. The van der Waals surface area contributed by atoms with Crippen LogP contribution in [0.3, 0.4) is 0 Å². The number of fused-ring (bicyclic) bond motifs is 2. The fourth-order valence-electron chi connectivity index (χ4n) is 4.33. The number of aromatic nitrogens is 2. The molecule has 1 amide bonds. The number of nitrogens with one attached hydrogen (secondary N) is 2. The van der Waals surface area contributed by atoms with E-state index in [9.17, 15) is 9.90 Å². The predicted octanol–water partition coefficient (Wildman–Crippen LogP) is 3.64. The standard InChI is InChI=1S/C28H28N4O4/c1-35-12-11-29-26(34)17-36-23-6-4-5-19(16-23)27-31-25-8-3-2-7-24(25)28(32-27)30-21-10-9-18-14-22(33)15-20(18)13-21/h2-10,13,16,22,33H,11-12,14-15,17H2,1H3,(H,29,34)(H,30,31,32). The zero-order valence-corrected chi connectivity index (χ0v) is 20.0. The van der Waals surface area contributed by atoms with Gasteiger partial charge in [0.15, 0.2) is 12.4 Å². The average Bonchev–Trinajstić information content (AvgIpc) is 3.27. The van der Waals surface area contributed by atoms with Gasteiger partial charge in [-0.1, -0.05) is 30.3 Å². The molecule has 8 nitrogen and oxygen atoms in total. The first kappa shape index (κ1) is 23.7. The number of amides is 1. The van der Waals surface area contributed by atoms with Gasteiger partial charge in [-0.15, -0.1) is 0 Å². The van der Waals surface area contributed by atoms with Gasteiger partial charge in [-0.25, -0.2) is 9.97 Å². The summed E-state index contributed by atoms with van der Waals surface area (Å²) < 4.78 is 10.6. The van der Waals surface area contributed by atoms with E-state index in [0.29, 0.717) is 43.4 Å². The molecule has 0 saturated carbocycles. The van der Waals surface area contributed by atoms with E-state index >= 15 is 0 Å². The van der Waals surface area contributed by atoms with Crippen LogP contribution in [0.2, 0.25) is 0 Å². The lowest BCUT2D eigenvalue weighted by Crippen LogP contribution is -2.31. The molecule has 0 fully saturated rings. The van der Waals surface area contributed by atoms with Crippen molar-refractivity contribution in [3.8, 4) is 17.1 Å². The molecule has 5 rings (SSSR count). The topological polar surface area (TPSA) is 106 Å². The van der Waals surface area contributed by atoms with Gasteiger partial charge in [-0.3, -0.25) is 4.79 Å². The smallest absolute Gasteiger partial charge is 0.258 e. The molecule has 0 bridgehead atoms. The highest BCUT2D eigenvalue weighted by atomic mass is 16.5. The van der Waals surface area contributed by atoms with Crippen LogP contribution in [0.1, 0.15) is 11.1 Å². The van der Waals surface area contributed by atoms with Gasteiger partial charge in [0, 0.05) is 30.3 Å². The van der Waals surface area contributed by atoms with Crippen LogP contribution >= 0.6 is 0 Å². The molecule has 3 N–H and O–H groups in total. The average molecular weight is 485 g/mol. The maximum atomic E-state index is 12.0. The largest absolute Gasteiger partial charge is 0.484 e. The summed E-state index contributed by atoms with van der Waals surface area (Å²) >= 11 is 0. The Bertz CT molecular complexity index is 1390. The van der Waals surface area contributed by atoms with Crippen LogP contribution in [0.15, 0.2) is 66.7 Å². The maximum Gasteiger partial charge on any atom is 0.258 e. The number of methoxy groups -OCH3 is 1. The van der Waals surface area contributed by atoms with Crippen molar-refractivity contribution in [2.45, 2.75) is 18.9 Å². The van der Waals surface area contributed by atoms with Gasteiger partial charge in [0.05, 0.1) is 18.2 Å². The molecule has 0 saturated heterocycles. The Morgan fingerprint density at radius 2 is 1.89 bits per heavy atom. The predicted molar refractivity (Wildman–Crippen MR) is 138 cm³/mol. The lowest BCUT2D eigenvalue weighted by molar-refractivity contribution is -0.123. The number of aliphatic hydroxyl groups excluding tert-OH is 1. The van der Waals surface area contributed by atoms with Crippen LogP contribution in [-0.4, -0.2) is 54.0 Å². The number of hydrogen-bond acceptors (Lipinski definition) is 7. The molecule has 8 heteroatoms. The second kappa shape index (κ2) is 10.7. The molecule has 0 aliphatic heterocycles. The normalized spacial score (nSPS) is 14.4. The minimum atomic E-state index is -0.312. The number of para-hydroxylation sites is 1. The quantitative estimate of drug-likeness (QED) is 0.312. The summed E-state index contributed by atoms with van der Waals surface area (Å²) in [5, 5.41) is 17.1. The summed E-state index contributed by atoms with van der Waals surface area (Å²) in [6, 6.07) is 21.4. The summed E-state index contributed by atoms with van der Waals surface area (Å²) in [7, 11) is 1.58. The first-order valence-corrected chi connectivity index (χ1v) is 11.9. The van der Waals surface area contributed by atoms with E-state index in [1.165, 1.54) is 5.56 Å². The van der Waals surface area contributed by atoms with E-state index in [0.717, 1.165) is 27.7 Å². The summed E-state index contributed by atoms with van der Waals surface area (Å²) in [6.45, 7) is 0.792. The fourth-order valence-corrected chi connectivity index (χ4v) is 4.33. The van der Waals surface area contributed by atoms with Crippen LogP contribution in [0.25, 0.3) is 22.3 Å². The van der Waals surface area contributed by atoms with E-state index in [1.54, 1.807) is 13.2 Å². The molecule has 1 aliphatic rings. The molecule has 1 heterocycles. The molecule has 0 radical (unpaired) electrons. The molecular formula is C28H28N4O4. The highest BCUT2D eigenvalue weighted by Crippen LogP contribution is 2.31. The SMILES string of the molecule is COCCNC(=O)COc1cccc(-c2nc(Nc3ccc4c(c3)CC(O)C4)c3ccccc3n2)c1. The second-order valence-corrected chi connectivity index (χ2v) is 8.74. The Hall–Kier alpha value is -4.01. The van der Waals surface area contributed by atoms with Gasteiger partial charge in [0.25, 0.3) is 5.91 Å². The summed E-state index contributed by atoms with van der Waals surface area (Å²) in [5.74, 6) is 1.58. The number of nitrogens with zero attached hydrogens (tertiary/aromatic N) is 2. The Balaban J connectivity index is 1.40. The number of anilines is 2. The number of rotatable bonds is 9. The van der Waals surface area contributed by atoms with Gasteiger partial charge in [-0.05, 0) is 60.4 Å². The van der Waals surface area contributed by atoms with Crippen molar-refractivity contribution in [3.63, 3.8) is 0 Å².